The number of nitrogens with one attached hydrogen (secondary N) is 2. The Balaban J connectivity index is 1.57. The van der Waals surface area contributed by atoms with Crippen LogP contribution in [0.5, 0.6) is 17.2 Å². The van der Waals surface area contributed by atoms with E-state index in [4.69, 9.17) is 20.3 Å². The van der Waals surface area contributed by atoms with Crippen molar-refractivity contribution in [3.8, 4) is 17.2 Å². The van der Waals surface area contributed by atoms with Crippen molar-refractivity contribution in [2.24, 2.45) is 0 Å². The molecule has 6 heteroatoms. The van der Waals surface area contributed by atoms with Crippen LogP contribution >= 0.6 is 0 Å². The van der Waals surface area contributed by atoms with E-state index < -0.39 is 0 Å². The van der Waals surface area contributed by atoms with Gasteiger partial charge in [-0.25, -0.2) is 9.97 Å². The number of rotatable bonds is 8. The maximum atomic E-state index is 7.83. The first-order valence-corrected chi connectivity index (χ1v) is 8.08. The van der Waals surface area contributed by atoms with Gasteiger partial charge in [-0.05, 0) is 60.2 Å². The summed E-state index contributed by atoms with van der Waals surface area (Å²) in [4.78, 5) is 8.22. The molecule has 0 spiro atoms. The van der Waals surface area contributed by atoms with Crippen molar-refractivity contribution in [2.45, 2.75) is 13.0 Å². The van der Waals surface area contributed by atoms with Crippen LogP contribution in [0.15, 0.2) is 67.0 Å². The Hall–Kier alpha value is -3.54. The highest BCUT2D eigenvalue weighted by atomic mass is 16.5. The van der Waals surface area contributed by atoms with E-state index in [-0.39, 0.29) is 0 Å². The molecule has 0 unspecified atom stereocenters. The molecule has 2 N–H and O–H groups in total. The number of ether oxygens (including phenoxy) is 2. The SMILES string of the molecule is N=CCC(=N)c1ccc(Oc2ccc(OCc3ncccn3)cc2)cc1. The lowest BCUT2D eigenvalue weighted by Gasteiger charge is -2.09. The summed E-state index contributed by atoms with van der Waals surface area (Å²) in [7, 11) is 0. The molecule has 0 aliphatic rings. The molecule has 1 heterocycles. The Kier molecular flexibility index (Phi) is 5.67. The number of aromatic nitrogens is 2. The number of hydrogen-bond acceptors (Lipinski definition) is 6. The van der Waals surface area contributed by atoms with Gasteiger partial charge in [0.15, 0.2) is 5.82 Å². The quantitative estimate of drug-likeness (QED) is 0.596. The van der Waals surface area contributed by atoms with Crippen LogP contribution in [0, 0.1) is 10.8 Å². The van der Waals surface area contributed by atoms with Crippen molar-refractivity contribution in [3.63, 3.8) is 0 Å². The highest BCUT2D eigenvalue weighted by Gasteiger charge is 2.03. The summed E-state index contributed by atoms with van der Waals surface area (Å²) >= 11 is 0. The monoisotopic (exact) mass is 346 g/mol. The van der Waals surface area contributed by atoms with Crippen molar-refractivity contribution < 1.29 is 9.47 Å². The zero-order valence-electron chi connectivity index (χ0n) is 14.1. The van der Waals surface area contributed by atoms with E-state index in [0.29, 0.717) is 41.8 Å². The molecule has 1 aromatic heterocycles. The Morgan fingerprint density at radius 2 is 1.46 bits per heavy atom. The minimum absolute atomic E-state index is 0.310. The lowest BCUT2D eigenvalue weighted by molar-refractivity contribution is 0.295. The van der Waals surface area contributed by atoms with Crippen molar-refractivity contribution in [3.05, 3.63) is 78.4 Å². The molecule has 0 bridgehead atoms. The van der Waals surface area contributed by atoms with Gasteiger partial charge in [0.2, 0.25) is 0 Å². The molecule has 26 heavy (non-hydrogen) atoms. The van der Waals surface area contributed by atoms with E-state index >= 15 is 0 Å². The van der Waals surface area contributed by atoms with E-state index in [1.165, 1.54) is 6.21 Å². The molecular formula is C20H18N4O2. The van der Waals surface area contributed by atoms with E-state index in [1.54, 1.807) is 18.5 Å². The predicted octanol–water partition coefficient (Wildman–Crippen LogP) is 4.26. The van der Waals surface area contributed by atoms with Crippen LogP contribution in [-0.2, 0) is 6.61 Å². The molecule has 0 atom stereocenters. The van der Waals surface area contributed by atoms with Gasteiger partial charge in [0, 0.05) is 30.7 Å². The summed E-state index contributed by atoms with van der Waals surface area (Å²) in [5.41, 5.74) is 1.20. The van der Waals surface area contributed by atoms with E-state index in [0.717, 1.165) is 5.56 Å². The van der Waals surface area contributed by atoms with Crippen LogP contribution in [-0.4, -0.2) is 21.9 Å². The molecule has 0 saturated carbocycles. The summed E-state index contributed by atoms with van der Waals surface area (Å²) in [6, 6.07) is 16.3. The minimum atomic E-state index is 0.310. The first-order chi connectivity index (χ1) is 12.7. The second-order valence-corrected chi connectivity index (χ2v) is 5.44. The molecule has 3 rings (SSSR count). The molecule has 0 saturated heterocycles. The van der Waals surface area contributed by atoms with Gasteiger partial charge < -0.3 is 20.3 Å². The minimum Gasteiger partial charge on any atom is -0.486 e. The molecule has 0 radical (unpaired) electrons. The van der Waals surface area contributed by atoms with E-state index in [9.17, 15) is 0 Å². The highest BCUT2D eigenvalue weighted by Crippen LogP contribution is 2.24. The van der Waals surface area contributed by atoms with Gasteiger partial charge in [0.25, 0.3) is 0 Å². The Labute approximate surface area is 151 Å². The first-order valence-electron chi connectivity index (χ1n) is 8.08. The summed E-state index contributed by atoms with van der Waals surface area (Å²) in [6.07, 6.45) is 4.91. The third-order valence-electron chi connectivity index (χ3n) is 3.56. The van der Waals surface area contributed by atoms with Gasteiger partial charge in [-0.3, -0.25) is 0 Å². The van der Waals surface area contributed by atoms with Crippen LogP contribution in [0.4, 0.5) is 0 Å². The van der Waals surface area contributed by atoms with E-state index in [2.05, 4.69) is 9.97 Å². The second-order valence-electron chi connectivity index (χ2n) is 5.44. The van der Waals surface area contributed by atoms with Crippen LogP contribution in [0.3, 0.4) is 0 Å². The highest BCUT2D eigenvalue weighted by molar-refractivity contribution is 6.04. The number of hydrogen-bond donors (Lipinski definition) is 2. The average molecular weight is 346 g/mol. The third kappa shape index (κ3) is 4.73. The molecule has 130 valence electrons. The molecule has 2 aromatic carbocycles. The average Bonchev–Trinajstić information content (AvgIpc) is 2.69. The standard InChI is InChI=1S/C20H18N4O2/c21-11-10-19(22)15-2-4-17(5-3-15)26-18-8-6-16(7-9-18)25-14-20-23-12-1-13-24-20/h1-9,11-13,21-22H,10,14H2. The lowest BCUT2D eigenvalue weighted by Crippen LogP contribution is -2.00. The number of benzene rings is 2. The Bertz CT molecular complexity index is 863. The molecule has 0 fully saturated rings. The van der Waals surface area contributed by atoms with Crippen molar-refractivity contribution >= 4 is 11.9 Å². The smallest absolute Gasteiger partial charge is 0.166 e. The van der Waals surface area contributed by atoms with Gasteiger partial charge in [-0.2, -0.15) is 0 Å². The molecule has 6 nitrogen and oxygen atoms in total. The van der Waals surface area contributed by atoms with Crippen LogP contribution in [0.1, 0.15) is 17.8 Å². The molecule has 0 aliphatic carbocycles. The van der Waals surface area contributed by atoms with Gasteiger partial charge in [-0.1, -0.05) is 0 Å². The van der Waals surface area contributed by atoms with Crippen LogP contribution < -0.4 is 9.47 Å². The first kappa shape index (κ1) is 17.3. The fourth-order valence-electron chi connectivity index (χ4n) is 2.24. The zero-order chi connectivity index (χ0) is 18.2. The van der Waals surface area contributed by atoms with Crippen molar-refractivity contribution in [1.29, 1.82) is 10.8 Å². The van der Waals surface area contributed by atoms with Crippen LogP contribution in [0.2, 0.25) is 0 Å². The van der Waals surface area contributed by atoms with E-state index in [1.807, 2.05) is 48.5 Å². The zero-order valence-corrected chi connectivity index (χ0v) is 14.1. The van der Waals surface area contributed by atoms with Gasteiger partial charge in [-0.15, -0.1) is 0 Å². The third-order valence-corrected chi connectivity index (χ3v) is 3.56. The molecule has 3 aromatic rings. The van der Waals surface area contributed by atoms with Gasteiger partial charge >= 0.3 is 0 Å². The second kappa shape index (κ2) is 8.53. The van der Waals surface area contributed by atoms with Crippen molar-refractivity contribution in [1.82, 2.24) is 9.97 Å². The summed E-state index contributed by atoms with van der Waals surface area (Å²) in [5, 5.41) is 14.9. The Morgan fingerprint density at radius 1 is 0.885 bits per heavy atom. The number of nitrogens with zero attached hydrogens (tertiary/aromatic N) is 2. The summed E-state index contributed by atoms with van der Waals surface area (Å²) in [6.45, 7) is 0.310. The Morgan fingerprint density at radius 3 is 2.08 bits per heavy atom. The fourth-order valence-corrected chi connectivity index (χ4v) is 2.24. The molecule has 0 amide bonds. The normalized spacial score (nSPS) is 10.2. The fraction of sp³-hybridized carbons (Fsp3) is 0.100. The summed E-state index contributed by atoms with van der Waals surface area (Å²) in [5.74, 6) is 2.71. The maximum Gasteiger partial charge on any atom is 0.166 e. The largest absolute Gasteiger partial charge is 0.486 e. The molecule has 0 aliphatic heterocycles. The maximum absolute atomic E-state index is 7.83. The topological polar surface area (TPSA) is 91.9 Å². The van der Waals surface area contributed by atoms with Crippen LogP contribution in [0.25, 0.3) is 0 Å². The van der Waals surface area contributed by atoms with Gasteiger partial charge in [0.1, 0.15) is 23.9 Å². The summed E-state index contributed by atoms with van der Waals surface area (Å²) < 4.78 is 11.4. The molecular weight excluding hydrogens is 328 g/mol. The predicted molar refractivity (Wildman–Crippen MR) is 99.6 cm³/mol. The van der Waals surface area contributed by atoms with Crippen molar-refractivity contribution in [2.75, 3.05) is 0 Å². The lowest BCUT2D eigenvalue weighted by atomic mass is 10.1. The van der Waals surface area contributed by atoms with Gasteiger partial charge in [0.05, 0.1) is 0 Å².